The summed E-state index contributed by atoms with van der Waals surface area (Å²) in [5.41, 5.74) is 1.49. The van der Waals surface area contributed by atoms with Crippen LogP contribution in [0.3, 0.4) is 0 Å². The van der Waals surface area contributed by atoms with Gasteiger partial charge in [-0.05, 0) is 41.7 Å². The Kier molecular flexibility index (Phi) is 6.74. The summed E-state index contributed by atoms with van der Waals surface area (Å²) >= 11 is 1.76. The third-order valence-corrected chi connectivity index (χ3v) is 8.42. The number of thiophene rings is 1. The molecule has 4 rings (SSSR count). The predicted molar refractivity (Wildman–Crippen MR) is 114 cm³/mol. The molecule has 3 aromatic rings. The minimum atomic E-state index is -3.65. The molecule has 0 bridgehead atoms. The third kappa shape index (κ3) is 6.06. The van der Waals surface area contributed by atoms with Crippen molar-refractivity contribution in [2.24, 2.45) is 0 Å². The number of benzene rings is 1. The second-order valence-corrected chi connectivity index (χ2v) is 10.7. The topological polar surface area (TPSA) is 117 Å². The molecule has 12 heteroatoms. The number of carbonyl (C=O) groups is 1. The lowest BCUT2D eigenvalue weighted by Crippen LogP contribution is -2.26. The van der Waals surface area contributed by atoms with Gasteiger partial charge in [-0.15, -0.1) is 11.3 Å². The number of nitrogens with one attached hydrogen (secondary N) is 1. The van der Waals surface area contributed by atoms with Crippen LogP contribution < -0.4 is 4.72 Å². The molecule has 0 saturated heterocycles. The van der Waals surface area contributed by atoms with Crippen LogP contribution in [0.5, 0.6) is 0 Å². The average molecular weight is 489 g/mol. The molecule has 31 heavy (non-hydrogen) atoms. The maximum absolute atomic E-state index is 13.4. The highest BCUT2D eigenvalue weighted by Gasteiger charge is 2.41. The Bertz CT molecular complexity index is 1150. The highest BCUT2D eigenvalue weighted by Crippen LogP contribution is 2.42. The highest BCUT2D eigenvalue weighted by molar-refractivity contribution is 7.91. The third-order valence-electron chi connectivity index (χ3n) is 4.37. The fraction of sp³-hybridized carbons (Fsp3) is 0.263. The van der Waals surface area contributed by atoms with Crippen molar-refractivity contribution in [3.8, 4) is 10.6 Å². The second kappa shape index (κ2) is 8.99. The monoisotopic (exact) mass is 488 g/mol. The zero-order valence-electron chi connectivity index (χ0n) is 16.0. The Morgan fingerprint density at radius 1 is 1.19 bits per heavy atom. The smallest absolute Gasteiger partial charge is 0.450 e. The van der Waals surface area contributed by atoms with Gasteiger partial charge in [0.25, 0.3) is 5.92 Å². The molecule has 166 valence electrons. The van der Waals surface area contributed by atoms with Gasteiger partial charge in [-0.25, -0.2) is 26.7 Å². The molecule has 1 aromatic carbocycles. The maximum Gasteiger partial charge on any atom is 0.503 e. The molecule has 7 nitrogen and oxygen atoms in total. The molecule has 0 aliphatic heterocycles. The number of halogens is 2. The van der Waals surface area contributed by atoms with Gasteiger partial charge in [0, 0.05) is 18.9 Å². The number of hydrogen-bond donors (Lipinski definition) is 3. The lowest BCUT2D eigenvalue weighted by Gasteiger charge is -2.04. The maximum atomic E-state index is 13.4. The minimum absolute atomic E-state index is 0.118. The van der Waals surface area contributed by atoms with Crippen molar-refractivity contribution < 1.29 is 32.2 Å². The van der Waals surface area contributed by atoms with Crippen LogP contribution >= 0.6 is 22.9 Å². The Morgan fingerprint density at radius 2 is 1.84 bits per heavy atom. The van der Waals surface area contributed by atoms with Crippen LogP contribution in [-0.4, -0.2) is 35.2 Å². The van der Waals surface area contributed by atoms with Crippen molar-refractivity contribution in [3.05, 3.63) is 59.0 Å². The highest BCUT2D eigenvalue weighted by atomic mass is 32.2. The molecule has 2 aromatic heterocycles. The summed E-state index contributed by atoms with van der Waals surface area (Å²) < 4.78 is 58.9. The van der Waals surface area contributed by atoms with Crippen LogP contribution in [0.25, 0.3) is 10.6 Å². The Morgan fingerprint density at radius 3 is 2.42 bits per heavy atom. The van der Waals surface area contributed by atoms with Gasteiger partial charge in [-0.1, -0.05) is 30.3 Å². The van der Waals surface area contributed by atoms with Crippen LogP contribution in [0.15, 0.2) is 52.7 Å². The van der Waals surface area contributed by atoms with E-state index in [9.17, 15) is 17.2 Å². The lowest BCUT2D eigenvalue weighted by atomic mass is 10.1. The Labute approximate surface area is 185 Å². The van der Waals surface area contributed by atoms with E-state index >= 15 is 0 Å². The Balaban J connectivity index is 0.000000628. The lowest BCUT2D eigenvalue weighted by molar-refractivity contribution is 0.0215. The van der Waals surface area contributed by atoms with Gasteiger partial charge in [0.1, 0.15) is 4.21 Å². The van der Waals surface area contributed by atoms with E-state index in [1.807, 2.05) is 30.3 Å². The van der Waals surface area contributed by atoms with E-state index in [1.165, 1.54) is 12.1 Å². The largest absolute Gasteiger partial charge is 0.503 e. The average Bonchev–Trinajstić information content (AvgIpc) is 3.10. The van der Waals surface area contributed by atoms with Gasteiger partial charge >= 0.3 is 6.16 Å². The first kappa shape index (κ1) is 23.3. The summed E-state index contributed by atoms with van der Waals surface area (Å²) in [5.74, 6) is -2.77. The Hall–Kier alpha value is -2.41. The van der Waals surface area contributed by atoms with Gasteiger partial charge in [0.15, 0.2) is 0 Å². The van der Waals surface area contributed by atoms with E-state index in [1.54, 1.807) is 6.07 Å². The molecule has 0 unspecified atom stereocenters. The van der Waals surface area contributed by atoms with Gasteiger partial charge in [0.05, 0.1) is 15.4 Å². The molecule has 1 fully saturated rings. The predicted octanol–water partition coefficient (Wildman–Crippen LogP) is 5.04. The summed E-state index contributed by atoms with van der Waals surface area (Å²) in [6, 6.07) is 14.1. The summed E-state index contributed by atoms with van der Waals surface area (Å²) in [4.78, 5) is 8.97. The van der Waals surface area contributed by atoms with Crippen molar-refractivity contribution >= 4 is 39.0 Å². The van der Waals surface area contributed by atoms with Crippen LogP contribution in [0.2, 0.25) is 0 Å². The van der Waals surface area contributed by atoms with Gasteiger partial charge in [0.2, 0.25) is 10.0 Å². The van der Waals surface area contributed by atoms with Crippen molar-refractivity contribution in [1.29, 1.82) is 0 Å². The fourth-order valence-electron chi connectivity index (χ4n) is 2.85. The molecule has 0 radical (unpaired) electrons. The number of aromatic nitrogens is 1. The first-order valence-electron chi connectivity index (χ1n) is 8.92. The summed E-state index contributed by atoms with van der Waals surface area (Å²) in [7, 11) is -3.65. The van der Waals surface area contributed by atoms with E-state index in [4.69, 9.17) is 15.0 Å². The molecule has 1 aliphatic rings. The van der Waals surface area contributed by atoms with Gasteiger partial charge < -0.3 is 10.2 Å². The first-order chi connectivity index (χ1) is 14.5. The zero-order valence-corrected chi connectivity index (χ0v) is 18.5. The van der Waals surface area contributed by atoms with Crippen LogP contribution in [-0.2, 0) is 15.9 Å². The molecule has 3 N–H and O–H groups in total. The summed E-state index contributed by atoms with van der Waals surface area (Å²) in [6.07, 6.45) is -1.07. The molecule has 2 atom stereocenters. The molecule has 1 aliphatic carbocycles. The standard InChI is InChI=1S/C18H16F2N2O2S3.CH2O3/c1-18(19,20)16-10-14(21-26-16)15-7-8-17(25-15)27(23,24)22-13-9-12(13)11-5-3-2-4-6-11;2-1(3)4/h2-8,10,12-13,22H,9H2,1H3;(H2,2,3,4)/t12-,13+;/m1./s1. The summed E-state index contributed by atoms with van der Waals surface area (Å²) in [6.45, 7) is 0.817. The SMILES string of the molecule is CC(F)(F)c1cc(-c2ccc(S(=O)(=O)N[C@H]3C[C@@H]3c3ccccc3)s2)ns1.O=C(O)O. The molecular weight excluding hydrogens is 470 g/mol. The normalized spacial score (nSPS) is 18.2. The molecule has 2 heterocycles. The molecular formula is C19H18F2N2O5S3. The molecule has 1 saturated carbocycles. The van der Waals surface area contributed by atoms with E-state index in [0.717, 1.165) is 41.8 Å². The number of hydrogen-bond acceptors (Lipinski definition) is 6. The van der Waals surface area contributed by atoms with E-state index in [-0.39, 0.29) is 21.0 Å². The molecule has 0 spiro atoms. The number of carboxylic acid groups (broad SMARTS) is 2. The number of nitrogens with zero attached hydrogens (tertiary/aromatic N) is 1. The minimum Gasteiger partial charge on any atom is -0.450 e. The van der Waals surface area contributed by atoms with Crippen molar-refractivity contribution in [2.75, 3.05) is 0 Å². The van der Waals surface area contributed by atoms with Crippen molar-refractivity contribution in [1.82, 2.24) is 9.10 Å². The van der Waals surface area contributed by atoms with Crippen LogP contribution in [0.4, 0.5) is 13.6 Å². The quantitative estimate of drug-likeness (QED) is 0.448. The zero-order chi connectivity index (χ0) is 22.8. The fourth-order valence-corrected chi connectivity index (χ4v) is 6.15. The number of sulfonamides is 1. The second-order valence-electron chi connectivity index (χ2n) is 6.85. The van der Waals surface area contributed by atoms with Gasteiger partial charge in [-0.2, -0.15) is 4.37 Å². The number of alkyl halides is 2. The number of rotatable bonds is 6. The molecule has 0 amide bonds. The van der Waals surface area contributed by atoms with E-state index in [0.29, 0.717) is 10.6 Å². The summed E-state index contributed by atoms with van der Waals surface area (Å²) in [5, 5.41) is 13.9. The van der Waals surface area contributed by atoms with E-state index < -0.39 is 22.1 Å². The first-order valence-corrected chi connectivity index (χ1v) is 12.0. The van der Waals surface area contributed by atoms with E-state index in [2.05, 4.69) is 9.10 Å². The van der Waals surface area contributed by atoms with Crippen molar-refractivity contribution in [3.63, 3.8) is 0 Å². The van der Waals surface area contributed by atoms with Gasteiger partial charge in [-0.3, -0.25) is 0 Å². The van der Waals surface area contributed by atoms with Crippen LogP contribution in [0, 0.1) is 0 Å². The van der Waals surface area contributed by atoms with Crippen molar-refractivity contribution in [2.45, 2.75) is 35.4 Å². The van der Waals surface area contributed by atoms with Crippen LogP contribution in [0.1, 0.15) is 29.7 Å².